The van der Waals surface area contributed by atoms with Crippen LogP contribution in [0.3, 0.4) is 0 Å². The highest BCUT2D eigenvalue weighted by molar-refractivity contribution is 5.34. The fraction of sp³-hybridized carbons (Fsp3) is 0.364. The van der Waals surface area contributed by atoms with E-state index in [2.05, 4.69) is 11.7 Å². The fourth-order valence-corrected chi connectivity index (χ4v) is 0.973. The van der Waals surface area contributed by atoms with Gasteiger partial charge in [0.1, 0.15) is 0 Å². The summed E-state index contributed by atoms with van der Waals surface area (Å²) >= 11 is 0. The average Bonchev–Trinajstić information content (AvgIpc) is 2.51. The SMILES string of the molecule is C=C/C=c1/onc(C)/c1=C/C.CC. The van der Waals surface area contributed by atoms with Crippen molar-refractivity contribution in [2.75, 3.05) is 0 Å². The van der Waals surface area contributed by atoms with Gasteiger partial charge < -0.3 is 4.52 Å². The first-order chi connectivity index (χ1) is 6.29. The third kappa shape index (κ3) is 2.90. The van der Waals surface area contributed by atoms with Crippen LogP contribution in [0.4, 0.5) is 0 Å². The topological polar surface area (TPSA) is 26.0 Å². The van der Waals surface area contributed by atoms with E-state index in [1.807, 2.05) is 33.8 Å². The van der Waals surface area contributed by atoms with Crippen LogP contribution in [0.2, 0.25) is 0 Å². The van der Waals surface area contributed by atoms with Crippen LogP contribution in [0.15, 0.2) is 17.2 Å². The second-order valence-electron chi connectivity index (χ2n) is 2.24. The van der Waals surface area contributed by atoms with Crippen molar-refractivity contribution in [3.8, 4) is 0 Å². The van der Waals surface area contributed by atoms with Crippen molar-refractivity contribution >= 4 is 12.2 Å². The van der Waals surface area contributed by atoms with E-state index in [-0.39, 0.29) is 0 Å². The molecule has 1 heterocycles. The molecule has 0 spiro atoms. The highest BCUT2D eigenvalue weighted by Crippen LogP contribution is 1.76. The fourth-order valence-electron chi connectivity index (χ4n) is 0.973. The standard InChI is InChI=1S/C9H11NO.C2H6/c1-4-6-9-8(5-2)7(3)10-11-9;1-2/h4-6H,1H2,2-3H3;1-2H3/b8-5-,9-6+;. The molecule has 2 nitrogen and oxygen atoms in total. The zero-order valence-electron chi connectivity index (χ0n) is 8.79. The lowest BCUT2D eigenvalue weighted by molar-refractivity contribution is 0.390. The van der Waals surface area contributed by atoms with E-state index in [4.69, 9.17) is 4.52 Å². The number of aromatic nitrogens is 1. The minimum atomic E-state index is 0.778. The summed E-state index contributed by atoms with van der Waals surface area (Å²) in [4.78, 5) is 0. The lowest BCUT2D eigenvalue weighted by Gasteiger charge is -1.73. The predicted molar refractivity (Wildman–Crippen MR) is 56.6 cm³/mol. The van der Waals surface area contributed by atoms with E-state index in [9.17, 15) is 0 Å². The number of allylic oxidation sites excluding steroid dienone is 1. The van der Waals surface area contributed by atoms with Gasteiger partial charge >= 0.3 is 0 Å². The lowest BCUT2D eigenvalue weighted by atomic mass is 10.3. The Bertz CT molecular complexity index is 360. The molecule has 0 aliphatic rings. The zero-order valence-corrected chi connectivity index (χ0v) is 8.79. The third-order valence-corrected chi connectivity index (χ3v) is 1.49. The van der Waals surface area contributed by atoms with Crippen LogP contribution >= 0.6 is 0 Å². The molecule has 1 aromatic rings. The average molecular weight is 179 g/mol. The molecule has 13 heavy (non-hydrogen) atoms. The molecule has 0 aliphatic carbocycles. The van der Waals surface area contributed by atoms with Crippen molar-refractivity contribution in [2.24, 2.45) is 0 Å². The summed E-state index contributed by atoms with van der Waals surface area (Å²) in [6, 6.07) is 0. The summed E-state index contributed by atoms with van der Waals surface area (Å²) in [6.07, 6.45) is 5.46. The Morgan fingerprint density at radius 2 is 2.00 bits per heavy atom. The first-order valence-electron chi connectivity index (χ1n) is 4.51. The first kappa shape index (κ1) is 11.7. The van der Waals surface area contributed by atoms with Crippen LogP contribution in [0, 0.1) is 6.92 Å². The Morgan fingerprint density at radius 1 is 1.38 bits per heavy atom. The van der Waals surface area contributed by atoms with Crippen molar-refractivity contribution in [3.05, 3.63) is 29.0 Å². The summed E-state index contributed by atoms with van der Waals surface area (Å²) in [6.45, 7) is 11.5. The molecule has 0 saturated heterocycles. The Balaban J connectivity index is 0.000000671. The quantitative estimate of drug-likeness (QED) is 0.656. The minimum Gasteiger partial charge on any atom is -0.356 e. The number of aryl methyl sites for hydroxylation is 1. The summed E-state index contributed by atoms with van der Waals surface area (Å²) in [7, 11) is 0. The van der Waals surface area contributed by atoms with E-state index < -0.39 is 0 Å². The van der Waals surface area contributed by atoms with Crippen molar-refractivity contribution in [2.45, 2.75) is 27.7 Å². The largest absolute Gasteiger partial charge is 0.356 e. The molecule has 0 saturated carbocycles. The van der Waals surface area contributed by atoms with Crippen LogP contribution < -0.4 is 10.6 Å². The monoisotopic (exact) mass is 179 g/mol. The van der Waals surface area contributed by atoms with E-state index in [1.165, 1.54) is 0 Å². The van der Waals surface area contributed by atoms with Gasteiger partial charge in [-0.1, -0.05) is 37.7 Å². The number of hydrogen-bond donors (Lipinski definition) is 0. The van der Waals surface area contributed by atoms with Crippen LogP contribution in [0.5, 0.6) is 0 Å². The second-order valence-corrected chi connectivity index (χ2v) is 2.24. The van der Waals surface area contributed by atoms with Gasteiger partial charge in [-0.15, -0.1) is 0 Å². The van der Waals surface area contributed by atoms with Gasteiger partial charge in [0.15, 0.2) is 5.42 Å². The smallest absolute Gasteiger partial charge is 0.166 e. The van der Waals surface area contributed by atoms with Crippen molar-refractivity contribution < 1.29 is 4.52 Å². The molecule has 0 fully saturated rings. The maximum Gasteiger partial charge on any atom is 0.166 e. The second kappa shape index (κ2) is 6.23. The Kier molecular flexibility index (Phi) is 5.60. The number of hydrogen-bond acceptors (Lipinski definition) is 2. The molecule has 0 radical (unpaired) electrons. The van der Waals surface area contributed by atoms with Gasteiger partial charge in [-0.2, -0.15) is 0 Å². The summed E-state index contributed by atoms with van der Waals surface area (Å²) < 4.78 is 5.02. The molecule has 1 rings (SSSR count). The molecule has 0 bridgehead atoms. The van der Waals surface area contributed by atoms with Gasteiger partial charge in [0.2, 0.25) is 0 Å². The summed E-state index contributed by atoms with van der Waals surface area (Å²) in [5.74, 6) is 0. The van der Waals surface area contributed by atoms with Crippen LogP contribution in [0.1, 0.15) is 26.5 Å². The number of nitrogens with zero attached hydrogens (tertiary/aromatic N) is 1. The minimum absolute atomic E-state index is 0.778. The maximum atomic E-state index is 5.02. The lowest BCUT2D eigenvalue weighted by Crippen LogP contribution is -2.20. The van der Waals surface area contributed by atoms with Crippen molar-refractivity contribution in [3.63, 3.8) is 0 Å². The van der Waals surface area contributed by atoms with Gasteiger partial charge in [0.25, 0.3) is 0 Å². The Labute approximate surface area is 79.3 Å². The molecular formula is C11H17NO. The zero-order chi connectivity index (χ0) is 10.3. The Hall–Kier alpha value is -1.31. The van der Waals surface area contributed by atoms with E-state index in [0.717, 1.165) is 16.3 Å². The third-order valence-electron chi connectivity index (χ3n) is 1.49. The highest BCUT2D eigenvalue weighted by atomic mass is 16.5. The van der Waals surface area contributed by atoms with Gasteiger partial charge in [-0.25, -0.2) is 0 Å². The first-order valence-corrected chi connectivity index (χ1v) is 4.51. The van der Waals surface area contributed by atoms with Crippen molar-refractivity contribution in [1.29, 1.82) is 0 Å². The van der Waals surface area contributed by atoms with Gasteiger partial charge in [-0.05, 0) is 19.9 Å². The normalized spacial score (nSPS) is 12.3. The molecule has 0 unspecified atom stereocenters. The van der Waals surface area contributed by atoms with E-state index in [0.29, 0.717) is 0 Å². The molecule has 0 amide bonds. The highest BCUT2D eigenvalue weighted by Gasteiger charge is 1.93. The molecule has 0 atom stereocenters. The van der Waals surface area contributed by atoms with Gasteiger partial charge in [0, 0.05) is 5.22 Å². The number of rotatable bonds is 1. The van der Waals surface area contributed by atoms with Crippen molar-refractivity contribution in [1.82, 2.24) is 5.16 Å². The molecular weight excluding hydrogens is 162 g/mol. The molecule has 1 aromatic heterocycles. The van der Waals surface area contributed by atoms with E-state index in [1.54, 1.807) is 12.2 Å². The van der Waals surface area contributed by atoms with Crippen LogP contribution in [-0.4, -0.2) is 5.16 Å². The molecule has 0 aliphatic heterocycles. The Morgan fingerprint density at radius 3 is 2.46 bits per heavy atom. The molecule has 2 heteroatoms. The summed E-state index contributed by atoms with van der Waals surface area (Å²) in [5.41, 5.74) is 1.70. The summed E-state index contributed by atoms with van der Waals surface area (Å²) in [5, 5.41) is 4.87. The molecule has 72 valence electrons. The molecule has 0 N–H and O–H groups in total. The van der Waals surface area contributed by atoms with E-state index >= 15 is 0 Å². The predicted octanol–water partition coefficient (Wildman–Crippen LogP) is 1.78. The van der Waals surface area contributed by atoms with Crippen LogP contribution in [-0.2, 0) is 0 Å². The van der Waals surface area contributed by atoms with Gasteiger partial charge in [-0.3, -0.25) is 0 Å². The maximum absolute atomic E-state index is 5.02. The van der Waals surface area contributed by atoms with Gasteiger partial charge in [0.05, 0.1) is 5.69 Å². The molecule has 0 aromatic carbocycles. The van der Waals surface area contributed by atoms with Crippen LogP contribution in [0.25, 0.3) is 12.2 Å².